The zero-order chi connectivity index (χ0) is 12.3. The van der Waals surface area contributed by atoms with Gasteiger partial charge < -0.3 is 9.64 Å². The van der Waals surface area contributed by atoms with E-state index in [1.54, 1.807) is 11.4 Å². The van der Waals surface area contributed by atoms with Gasteiger partial charge in [0.05, 0.1) is 6.54 Å². The lowest BCUT2D eigenvalue weighted by molar-refractivity contribution is 0.159. The van der Waals surface area contributed by atoms with Crippen molar-refractivity contribution in [3.63, 3.8) is 0 Å². The van der Waals surface area contributed by atoms with Crippen molar-refractivity contribution >= 4 is 27.5 Å². The van der Waals surface area contributed by atoms with Crippen LogP contribution < -0.4 is 4.72 Å². The average molecular weight is 276 g/mol. The molecule has 6 nitrogen and oxygen atoms in total. The summed E-state index contributed by atoms with van der Waals surface area (Å²) >= 11 is 1.16. The first kappa shape index (κ1) is 12.3. The van der Waals surface area contributed by atoms with Crippen LogP contribution in [0.1, 0.15) is 0 Å². The van der Waals surface area contributed by atoms with Crippen molar-refractivity contribution in [2.24, 2.45) is 0 Å². The van der Waals surface area contributed by atoms with Gasteiger partial charge in [0.15, 0.2) is 0 Å². The van der Waals surface area contributed by atoms with E-state index in [0.29, 0.717) is 19.7 Å². The van der Waals surface area contributed by atoms with Gasteiger partial charge in [-0.1, -0.05) is 6.07 Å². The smallest absolute Gasteiger partial charge is 0.409 e. The predicted molar refractivity (Wildman–Crippen MR) is 62.4 cm³/mol. The number of carbonyl (C=O) groups is 1. The molecule has 0 atom stereocenters. The Hall–Kier alpha value is -1.12. The van der Waals surface area contributed by atoms with Gasteiger partial charge in [0.2, 0.25) is 10.0 Å². The summed E-state index contributed by atoms with van der Waals surface area (Å²) < 4.78 is 30.9. The maximum Gasteiger partial charge on any atom is 0.409 e. The number of rotatable bonds is 5. The molecule has 0 aromatic carbocycles. The Labute approximate surface area is 103 Å². The lowest BCUT2D eigenvalue weighted by atomic mass is 10.5. The highest BCUT2D eigenvalue weighted by Crippen LogP contribution is 2.14. The van der Waals surface area contributed by atoms with Crippen LogP contribution >= 0.6 is 11.3 Å². The fourth-order valence-electron chi connectivity index (χ4n) is 1.43. The molecule has 1 fully saturated rings. The minimum atomic E-state index is -3.44. The maximum atomic E-state index is 11.7. The quantitative estimate of drug-likeness (QED) is 0.848. The van der Waals surface area contributed by atoms with Crippen molar-refractivity contribution in [3.8, 4) is 0 Å². The Balaban J connectivity index is 1.84. The molecular formula is C9H12N2O4S2. The number of amides is 1. The van der Waals surface area contributed by atoms with E-state index >= 15 is 0 Å². The first-order chi connectivity index (χ1) is 8.09. The van der Waals surface area contributed by atoms with Gasteiger partial charge >= 0.3 is 6.09 Å². The van der Waals surface area contributed by atoms with E-state index in [0.717, 1.165) is 11.3 Å². The van der Waals surface area contributed by atoms with Crippen LogP contribution in [0.3, 0.4) is 0 Å². The standard InChI is InChI=1S/C9H12N2O4S2/c12-9-11(5-6-15-9)4-3-10-17(13,14)8-2-1-7-16-8/h1-2,7,10H,3-6H2. The van der Waals surface area contributed by atoms with Crippen molar-refractivity contribution in [1.29, 1.82) is 0 Å². The van der Waals surface area contributed by atoms with Crippen molar-refractivity contribution in [2.45, 2.75) is 4.21 Å². The molecule has 8 heteroatoms. The van der Waals surface area contributed by atoms with Crippen molar-refractivity contribution in [1.82, 2.24) is 9.62 Å². The van der Waals surface area contributed by atoms with E-state index in [1.807, 2.05) is 0 Å². The highest BCUT2D eigenvalue weighted by Gasteiger charge is 2.22. The second-order valence-electron chi connectivity index (χ2n) is 3.43. The summed E-state index contributed by atoms with van der Waals surface area (Å²) in [5.74, 6) is 0. The molecule has 17 heavy (non-hydrogen) atoms. The topological polar surface area (TPSA) is 75.7 Å². The molecule has 2 rings (SSSR count). The van der Waals surface area contributed by atoms with Crippen LogP contribution in [-0.2, 0) is 14.8 Å². The molecule has 1 saturated heterocycles. The minimum Gasteiger partial charge on any atom is -0.448 e. The Bertz CT molecular complexity index is 483. The molecule has 2 heterocycles. The molecule has 1 aromatic heterocycles. The fraction of sp³-hybridized carbons (Fsp3) is 0.444. The fourth-order valence-corrected chi connectivity index (χ4v) is 3.49. The molecule has 0 radical (unpaired) electrons. The monoisotopic (exact) mass is 276 g/mol. The zero-order valence-corrected chi connectivity index (χ0v) is 10.6. The minimum absolute atomic E-state index is 0.190. The molecule has 94 valence electrons. The number of ether oxygens (including phenoxy) is 1. The highest BCUT2D eigenvalue weighted by atomic mass is 32.2. The number of nitrogens with one attached hydrogen (secondary N) is 1. The van der Waals surface area contributed by atoms with Crippen molar-refractivity contribution in [3.05, 3.63) is 17.5 Å². The Kier molecular flexibility index (Phi) is 3.65. The summed E-state index contributed by atoms with van der Waals surface area (Å²) in [7, 11) is -3.44. The number of carbonyl (C=O) groups excluding carboxylic acids is 1. The van der Waals surface area contributed by atoms with Gasteiger partial charge in [-0.15, -0.1) is 11.3 Å². The van der Waals surface area contributed by atoms with Gasteiger partial charge in [-0.25, -0.2) is 17.9 Å². The molecule has 1 N–H and O–H groups in total. The van der Waals surface area contributed by atoms with Crippen LogP contribution in [-0.4, -0.2) is 45.7 Å². The molecular weight excluding hydrogens is 264 g/mol. The number of thiophene rings is 1. The number of hydrogen-bond donors (Lipinski definition) is 1. The number of sulfonamides is 1. The summed E-state index contributed by atoms with van der Waals surface area (Å²) in [5, 5.41) is 1.70. The van der Waals surface area contributed by atoms with E-state index in [4.69, 9.17) is 4.74 Å². The van der Waals surface area contributed by atoms with Crippen LogP contribution in [0.25, 0.3) is 0 Å². The molecule has 0 saturated carbocycles. The first-order valence-corrected chi connectivity index (χ1v) is 7.41. The molecule has 1 aliphatic heterocycles. The Morgan fingerprint density at radius 2 is 2.35 bits per heavy atom. The van der Waals surface area contributed by atoms with Gasteiger partial charge in [0.25, 0.3) is 0 Å². The van der Waals surface area contributed by atoms with Crippen LogP contribution in [0.15, 0.2) is 21.7 Å². The van der Waals surface area contributed by atoms with Crippen LogP contribution in [0.4, 0.5) is 4.79 Å². The van der Waals surface area contributed by atoms with Gasteiger partial charge in [0.1, 0.15) is 10.8 Å². The SMILES string of the molecule is O=C1OCCN1CCNS(=O)(=O)c1cccs1. The van der Waals surface area contributed by atoms with Gasteiger partial charge in [0, 0.05) is 13.1 Å². The second kappa shape index (κ2) is 5.03. The average Bonchev–Trinajstić information content (AvgIpc) is 2.90. The lowest BCUT2D eigenvalue weighted by Crippen LogP contribution is -2.35. The number of cyclic esters (lactones) is 1. The summed E-state index contributed by atoms with van der Waals surface area (Å²) in [4.78, 5) is 12.6. The zero-order valence-electron chi connectivity index (χ0n) is 8.96. The highest BCUT2D eigenvalue weighted by molar-refractivity contribution is 7.91. The molecule has 1 amide bonds. The summed E-state index contributed by atoms with van der Waals surface area (Å²) in [6.45, 7) is 1.40. The predicted octanol–water partition coefficient (Wildman–Crippen LogP) is 0.479. The molecule has 0 aliphatic carbocycles. The van der Waals surface area contributed by atoms with Crippen molar-refractivity contribution < 1.29 is 17.9 Å². The number of nitrogens with zero attached hydrogens (tertiary/aromatic N) is 1. The summed E-state index contributed by atoms with van der Waals surface area (Å²) in [6, 6.07) is 3.22. The third-order valence-electron chi connectivity index (χ3n) is 2.28. The van der Waals surface area contributed by atoms with Crippen LogP contribution in [0.2, 0.25) is 0 Å². The van der Waals surface area contributed by atoms with E-state index < -0.39 is 10.0 Å². The van der Waals surface area contributed by atoms with Crippen molar-refractivity contribution in [2.75, 3.05) is 26.2 Å². The molecule has 1 aromatic rings. The molecule has 0 bridgehead atoms. The Morgan fingerprint density at radius 3 is 2.94 bits per heavy atom. The van der Waals surface area contributed by atoms with Gasteiger partial charge in [-0.3, -0.25) is 0 Å². The van der Waals surface area contributed by atoms with Gasteiger partial charge in [-0.2, -0.15) is 0 Å². The van der Waals surface area contributed by atoms with E-state index in [9.17, 15) is 13.2 Å². The second-order valence-corrected chi connectivity index (χ2v) is 6.37. The Morgan fingerprint density at radius 1 is 1.53 bits per heavy atom. The molecule has 1 aliphatic rings. The van der Waals surface area contributed by atoms with Crippen LogP contribution in [0, 0.1) is 0 Å². The first-order valence-electron chi connectivity index (χ1n) is 5.04. The lowest BCUT2D eigenvalue weighted by Gasteiger charge is -2.12. The molecule has 0 unspecified atom stereocenters. The largest absolute Gasteiger partial charge is 0.448 e. The normalized spacial score (nSPS) is 16.2. The third kappa shape index (κ3) is 2.96. The van der Waals surface area contributed by atoms with E-state index in [2.05, 4.69) is 4.72 Å². The molecule has 0 spiro atoms. The third-order valence-corrected chi connectivity index (χ3v) is 5.14. The number of hydrogen-bond acceptors (Lipinski definition) is 5. The maximum absolute atomic E-state index is 11.7. The van der Waals surface area contributed by atoms with Gasteiger partial charge in [-0.05, 0) is 11.4 Å². The van der Waals surface area contributed by atoms with E-state index in [1.165, 1.54) is 11.0 Å². The summed E-state index contributed by atoms with van der Waals surface area (Å²) in [6.07, 6.45) is -0.389. The summed E-state index contributed by atoms with van der Waals surface area (Å²) in [5.41, 5.74) is 0. The van der Waals surface area contributed by atoms with Crippen LogP contribution in [0.5, 0.6) is 0 Å². The van der Waals surface area contributed by atoms with E-state index in [-0.39, 0.29) is 16.8 Å².